The lowest BCUT2D eigenvalue weighted by atomic mass is 10.1. The van der Waals surface area contributed by atoms with Gasteiger partial charge in [0.2, 0.25) is 0 Å². The van der Waals surface area contributed by atoms with Gasteiger partial charge in [-0.3, -0.25) is 4.68 Å². The smallest absolute Gasteiger partial charge is 0.145 e. The highest BCUT2D eigenvalue weighted by molar-refractivity contribution is 5.46. The molecular weight excluding hydrogens is 231 g/mol. The fourth-order valence-corrected chi connectivity index (χ4v) is 1.77. The number of halogens is 1. The Morgan fingerprint density at radius 3 is 2.89 bits per heavy atom. The largest absolute Gasteiger partial charge is 0.378 e. The zero-order valence-corrected chi connectivity index (χ0v) is 10.2. The molecule has 0 spiro atoms. The van der Waals surface area contributed by atoms with Crippen LogP contribution < -0.4 is 5.32 Å². The average Bonchev–Trinajstić information content (AvgIpc) is 2.66. The van der Waals surface area contributed by atoms with Crippen molar-refractivity contribution in [2.45, 2.75) is 13.5 Å². The Kier molecular flexibility index (Phi) is 3.28. The van der Waals surface area contributed by atoms with Gasteiger partial charge in [0.15, 0.2) is 0 Å². The molecule has 0 saturated heterocycles. The van der Waals surface area contributed by atoms with E-state index < -0.39 is 5.82 Å². The van der Waals surface area contributed by atoms with Gasteiger partial charge in [-0.25, -0.2) is 4.39 Å². The second-order valence-corrected chi connectivity index (χ2v) is 4.05. The van der Waals surface area contributed by atoms with Crippen molar-refractivity contribution in [1.29, 1.82) is 5.26 Å². The predicted octanol–water partition coefficient (Wildman–Crippen LogP) is 2.35. The van der Waals surface area contributed by atoms with Gasteiger partial charge in [0.05, 0.1) is 16.9 Å². The topological polar surface area (TPSA) is 53.6 Å². The summed E-state index contributed by atoms with van der Waals surface area (Å²) in [5, 5.41) is 16.0. The summed E-state index contributed by atoms with van der Waals surface area (Å²) < 4.78 is 15.5. The summed E-state index contributed by atoms with van der Waals surface area (Å²) in [5.74, 6) is -0.464. The third kappa shape index (κ3) is 2.33. The third-order valence-electron chi connectivity index (χ3n) is 2.68. The minimum atomic E-state index is -0.464. The summed E-state index contributed by atoms with van der Waals surface area (Å²) in [4.78, 5) is 0. The zero-order chi connectivity index (χ0) is 13.1. The van der Waals surface area contributed by atoms with E-state index >= 15 is 0 Å². The van der Waals surface area contributed by atoms with Crippen molar-refractivity contribution in [3.8, 4) is 6.07 Å². The number of rotatable bonds is 3. The Morgan fingerprint density at radius 2 is 2.28 bits per heavy atom. The highest BCUT2D eigenvalue weighted by Gasteiger charge is 2.08. The molecule has 4 nitrogen and oxygen atoms in total. The Morgan fingerprint density at radius 1 is 1.50 bits per heavy atom. The zero-order valence-electron chi connectivity index (χ0n) is 10.2. The van der Waals surface area contributed by atoms with Crippen LogP contribution in [0.4, 0.5) is 10.1 Å². The molecule has 0 aliphatic rings. The van der Waals surface area contributed by atoms with E-state index in [1.807, 2.05) is 26.2 Å². The molecule has 0 aliphatic carbocycles. The van der Waals surface area contributed by atoms with Gasteiger partial charge in [-0.1, -0.05) is 12.1 Å². The first-order chi connectivity index (χ1) is 8.61. The van der Waals surface area contributed by atoms with E-state index in [4.69, 9.17) is 5.26 Å². The number of aryl methyl sites for hydroxylation is 2. The molecule has 0 amide bonds. The number of benzene rings is 1. The SMILES string of the molecule is Cc1nn(C)cc1NCc1cccc(C#N)c1F. The van der Waals surface area contributed by atoms with Crippen LogP contribution in [0.2, 0.25) is 0 Å². The second-order valence-electron chi connectivity index (χ2n) is 4.05. The van der Waals surface area contributed by atoms with Crippen molar-refractivity contribution >= 4 is 5.69 Å². The lowest BCUT2D eigenvalue weighted by Gasteiger charge is -2.06. The minimum absolute atomic E-state index is 0.0669. The monoisotopic (exact) mass is 244 g/mol. The molecule has 1 heterocycles. The van der Waals surface area contributed by atoms with Crippen LogP contribution in [0.25, 0.3) is 0 Å². The van der Waals surface area contributed by atoms with Gasteiger partial charge in [0.1, 0.15) is 11.9 Å². The van der Waals surface area contributed by atoms with Crippen molar-refractivity contribution in [2.75, 3.05) is 5.32 Å². The minimum Gasteiger partial charge on any atom is -0.378 e. The molecule has 5 heteroatoms. The van der Waals surface area contributed by atoms with E-state index in [-0.39, 0.29) is 5.56 Å². The van der Waals surface area contributed by atoms with E-state index in [9.17, 15) is 4.39 Å². The molecule has 0 fully saturated rings. The molecule has 2 rings (SSSR count). The number of nitriles is 1. The molecule has 1 aromatic heterocycles. The Bertz CT molecular complexity index is 610. The predicted molar refractivity (Wildman–Crippen MR) is 66.4 cm³/mol. The molecule has 0 atom stereocenters. The average molecular weight is 244 g/mol. The molecular formula is C13H13FN4. The number of hydrogen-bond acceptors (Lipinski definition) is 3. The normalized spacial score (nSPS) is 10.1. The summed E-state index contributed by atoms with van der Waals surface area (Å²) in [6.07, 6.45) is 1.83. The first-order valence-electron chi connectivity index (χ1n) is 5.53. The molecule has 0 unspecified atom stereocenters. The Hall–Kier alpha value is -2.35. The van der Waals surface area contributed by atoms with Gasteiger partial charge in [0.25, 0.3) is 0 Å². The second kappa shape index (κ2) is 4.88. The fraction of sp³-hybridized carbons (Fsp3) is 0.231. The molecule has 1 N–H and O–H groups in total. The lowest BCUT2D eigenvalue weighted by Crippen LogP contribution is -2.03. The van der Waals surface area contributed by atoms with Gasteiger partial charge in [0, 0.05) is 25.4 Å². The van der Waals surface area contributed by atoms with Gasteiger partial charge in [-0.15, -0.1) is 0 Å². The van der Waals surface area contributed by atoms with E-state index in [2.05, 4.69) is 10.4 Å². The maximum Gasteiger partial charge on any atom is 0.145 e. The summed E-state index contributed by atoms with van der Waals surface area (Å²) in [7, 11) is 1.83. The van der Waals surface area contributed by atoms with Crippen molar-refractivity contribution in [2.24, 2.45) is 7.05 Å². The number of aromatic nitrogens is 2. The van der Waals surface area contributed by atoms with E-state index in [0.29, 0.717) is 12.1 Å². The molecule has 18 heavy (non-hydrogen) atoms. The van der Waals surface area contributed by atoms with Crippen molar-refractivity contribution in [1.82, 2.24) is 9.78 Å². The Balaban J connectivity index is 2.16. The van der Waals surface area contributed by atoms with Gasteiger partial charge < -0.3 is 5.32 Å². The number of anilines is 1. The number of nitrogens with one attached hydrogen (secondary N) is 1. The first-order valence-corrected chi connectivity index (χ1v) is 5.53. The standard InChI is InChI=1S/C13H13FN4/c1-9-12(8-18(2)17-9)16-7-11-5-3-4-10(6-15)13(11)14/h3-5,8,16H,7H2,1-2H3. The Labute approximate surface area is 105 Å². The van der Waals surface area contributed by atoms with Crippen LogP contribution in [0.3, 0.4) is 0 Å². The molecule has 0 aliphatic heterocycles. The van der Waals surface area contributed by atoms with Crippen molar-refractivity contribution < 1.29 is 4.39 Å². The fourth-order valence-electron chi connectivity index (χ4n) is 1.77. The number of nitrogens with zero attached hydrogens (tertiary/aromatic N) is 3. The lowest BCUT2D eigenvalue weighted by molar-refractivity contribution is 0.609. The number of hydrogen-bond donors (Lipinski definition) is 1. The highest BCUT2D eigenvalue weighted by atomic mass is 19.1. The molecule has 2 aromatic rings. The molecule has 0 saturated carbocycles. The van der Waals surface area contributed by atoms with E-state index in [1.165, 1.54) is 6.07 Å². The summed E-state index contributed by atoms with van der Waals surface area (Å²) in [6.45, 7) is 2.21. The van der Waals surface area contributed by atoms with Crippen LogP contribution in [0.5, 0.6) is 0 Å². The van der Waals surface area contributed by atoms with Crippen LogP contribution in [-0.2, 0) is 13.6 Å². The quantitative estimate of drug-likeness (QED) is 0.901. The van der Waals surface area contributed by atoms with Crippen molar-refractivity contribution in [3.05, 3.63) is 47.0 Å². The van der Waals surface area contributed by atoms with Gasteiger partial charge >= 0.3 is 0 Å². The van der Waals surface area contributed by atoms with Crippen LogP contribution in [0, 0.1) is 24.1 Å². The summed E-state index contributed by atoms with van der Waals surface area (Å²) in [5.41, 5.74) is 2.25. The van der Waals surface area contributed by atoms with Gasteiger partial charge in [-0.05, 0) is 13.0 Å². The summed E-state index contributed by atoms with van der Waals surface area (Å²) >= 11 is 0. The highest BCUT2D eigenvalue weighted by Crippen LogP contribution is 2.16. The van der Waals surface area contributed by atoms with Crippen LogP contribution in [0.15, 0.2) is 24.4 Å². The van der Waals surface area contributed by atoms with Gasteiger partial charge in [-0.2, -0.15) is 10.4 Å². The maximum absolute atomic E-state index is 13.8. The van der Waals surface area contributed by atoms with E-state index in [0.717, 1.165) is 11.4 Å². The summed E-state index contributed by atoms with van der Waals surface area (Å²) in [6, 6.07) is 6.63. The molecule has 92 valence electrons. The molecule has 0 bridgehead atoms. The molecule has 0 radical (unpaired) electrons. The van der Waals surface area contributed by atoms with Crippen LogP contribution in [0.1, 0.15) is 16.8 Å². The maximum atomic E-state index is 13.8. The van der Waals surface area contributed by atoms with E-state index in [1.54, 1.807) is 16.8 Å². The molecule has 1 aromatic carbocycles. The van der Waals surface area contributed by atoms with Crippen LogP contribution >= 0.6 is 0 Å². The third-order valence-corrected chi connectivity index (χ3v) is 2.68. The first kappa shape index (κ1) is 12.1. The van der Waals surface area contributed by atoms with Crippen LogP contribution in [-0.4, -0.2) is 9.78 Å². The van der Waals surface area contributed by atoms with Crippen molar-refractivity contribution in [3.63, 3.8) is 0 Å².